The molecule has 1 aromatic heterocycles. The van der Waals surface area contributed by atoms with Crippen molar-refractivity contribution in [1.29, 1.82) is 0 Å². The van der Waals surface area contributed by atoms with E-state index in [1.165, 1.54) is 35.6 Å². The van der Waals surface area contributed by atoms with E-state index in [2.05, 4.69) is 10.6 Å². The van der Waals surface area contributed by atoms with Crippen LogP contribution in [0.25, 0.3) is 0 Å². The second-order valence-corrected chi connectivity index (χ2v) is 8.69. The highest BCUT2D eigenvalue weighted by Crippen LogP contribution is 2.39. The molecule has 0 atom stereocenters. The highest BCUT2D eigenvalue weighted by molar-refractivity contribution is 7.17. The zero-order valence-electron chi connectivity index (χ0n) is 18.1. The number of carbonyl (C=O) groups excluding carboxylic acids is 2. The van der Waals surface area contributed by atoms with E-state index in [0.717, 1.165) is 41.9 Å². The third-order valence-electron chi connectivity index (χ3n) is 5.39. The lowest BCUT2D eigenvalue weighted by atomic mass is 9.95. The molecule has 9 heteroatoms. The smallest absolute Gasteiger partial charge is 0.269 e. The molecule has 1 aliphatic rings. The number of fused-ring (bicyclic) bond motifs is 1. The van der Waals surface area contributed by atoms with Crippen molar-refractivity contribution in [2.45, 2.75) is 32.6 Å². The first-order valence-electron chi connectivity index (χ1n) is 10.7. The number of carbonyl (C=O) groups is 2. The largest absolute Gasteiger partial charge is 0.494 e. The molecule has 4 rings (SSSR count). The van der Waals surface area contributed by atoms with Gasteiger partial charge in [0, 0.05) is 28.3 Å². The molecule has 0 fully saturated rings. The van der Waals surface area contributed by atoms with Gasteiger partial charge in [-0.25, -0.2) is 0 Å². The standard InChI is InChI=1S/C24H23N3O5S/c1-2-32-18-13-9-16(10-14-18)25-23(29)21-19-5-3-4-6-20(19)33-24(21)26-22(28)15-7-11-17(12-8-15)27(30)31/h7-14H,2-6H2,1H3,(H,25,29)(H,26,28). The van der Waals surface area contributed by atoms with Crippen LogP contribution in [0.1, 0.15) is 50.9 Å². The minimum atomic E-state index is -0.516. The third kappa shape index (κ3) is 5.04. The number of ether oxygens (including phenoxy) is 1. The fraction of sp³-hybridized carbons (Fsp3) is 0.250. The number of anilines is 2. The van der Waals surface area contributed by atoms with Gasteiger partial charge in [-0.05, 0) is 74.6 Å². The Labute approximate surface area is 194 Å². The van der Waals surface area contributed by atoms with E-state index in [-0.39, 0.29) is 17.2 Å². The summed E-state index contributed by atoms with van der Waals surface area (Å²) in [6.07, 6.45) is 3.69. The molecule has 0 spiro atoms. The fourth-order valence-electron chi connectivity index (χ4n) is 3.80. The van der Waals surface area contributed by atoms with Gasteiger partial charge in [-0.2, -0.15) is 0 Å². The number of non-ortho nitro benzene ring substituents is 1. The van der Waals surface area contributed by atoms with Crippen LogP contribution < -0.4 is 15.4 Å². The van der Waals surface area contributed by atoms with Crippen LogP contribution in [-0.2, 0) is 12.8 Å². The minimum absolute atomic E-state index is 0.0893. The van der Waals surface area contributed by atoms with Gasteiger partial charge in [0.1, 0.15) is 10.8 Å². The molecule has 33 heavy (non-hydrogen) atoms. The summed E-state index contributed by atoms with van der Waals surface area (Å²) in [5, 5.41) is 17.1. The molecule has 170 valence electrons. The zero-order valence-corrected chi connectivity index (χ0v) is 18.9. The molecular weight excluding hydrogens is 442 g/mol. The van der Waals surface area contributed by atoms with Gasteiger partial charge in [0.25, 0.3) is 17.5 Å². The number of hydrogen-bond acceptors (Lipinski definition) is 6. The summed E-state index contributed by atoms with van der Waals surface area (Å²) in [4.78, 5) is 37.5. The minimum Gasteiger partial charge on any atom is -0.494 e. The van der Waals surface area contributed by atoms with Crippen LogP contribution in [0.5, 0.6) is 5.75 Å². The Hall–Kier alpha value is -3.72. The molecule has 2 amide bonds. The number of aryl methyl sites for hydroxylation is 1. The Kier molecular flexibility index (Phi) is 6.69. The van der Waals surface area contributed by atoms with E-state index in [1.54, 1.807) is 24.3 Å². The molecular formula is C24H23N3O5S. The predicted octanol–water partition coefficient (Wildman–Crippen LogP) is 5.44. The number of nitro benzene ring substituents is 1. The van der Waals surface area contributed by atoms with Crippen LogP contribution in [0.2, 0.25) is 0 Å². The summed E-state index contributed by atoms with van der Waals surface area (Å²) >= 11 is 1.42. The van der Waals surface area contributed by atoms with E-state index < -0.39 is 10.8 Å². The van der Waals surface area contributed by atoms with Gasteiger partial charge in [-0.15, -0.1) is 11.3 Å². The van der Waals surface area contributed by atoms with Gasteiger partial charge in [-0.1, -0.05) is 0 Å². The maximum Gasteiger partial charge on any atom is 0.269 e. The van der Waals surface area contributed by atoms with Crippen LogP contribution in [0.15, 0.2) is 48.5 Å². The van der Waals surface area contributed by atoms with E-state index in [4.69, 9.17) is 4.74 Å². The monoisotopic (exact) mass is 465 g/mol. The van der Waals surface area contributed by atoms with Crippen LogP contribution in [0, 0.1) is 10.1 Å². The van der Waals surface area contributed by atoms with Gasteiger partial charge in [-0.3, -0.25) is 19.7 Å². The maximum atomic E-state index is 13.3. The first kappa shape index (κ1) is 22.5. The lowest BCUT2D eigenvalue weighted by molar-refractivity contribution is -0.384. The Bertz CT molecular complexity index is 1190. The number of benzene rings is 2. The highest BCUT2D eigenvalue weighted by atomic mass is 32.1. The van der Waals surface area contributed by atoms with Gasteiger partial charge in [0.15, 0.2) is 0 Å². The lowest BCUT2D eigenvalue weighted by Gasteiger charge is -2.13. The second-order valence-electron chi connectivity index (χ2n) is 7.58. The van der Waals surface area contributed by atoms with Crippen molar-refractivity contribution >= 4 is 39.5 Å². The van der Waals surface area contributed by atoms with Gasteiger partial charge >= 0.3 is 0 Å². The third-order valence-corrected chi connectivity index (χ3v) is 6.60. The van der Waals surface area contributed by atoms with Crippen LogP contribution in [0.3, 0.4) is 0 Å². The number of hydrogen-bond donors (Lipinski definition) is 2. The van der Waals surface area contributed by atoms with Crippen LogP contribution in [-0.4, -0.2) is 23.3 Å². The summed E-state index contributed by atoms with van der Waals surface area (Å²) in [6.45, 7) is 2.46. The van der Waals surface area contributed by atoms with E-state index in [1.807, 2.05) is 6.92 Å². The van der Waals surface area contributed by atoms with Crippen molar-refractivity contribution in [1.82, 2.24) is 0 Å². The molecule has 0 aliphatic heterocycles. The Morgan fingerprint density at radius 3 is 2.36 bits per heavy atom. The predicted molar refractivity (Wildman–Crippen MR) is 128 cm³/mol. The molecule has 0 saturated carbocycles. The van der Waals surface area contributed by atoms with Crippen molar-refractivity contribution in [2.24, 2.45) is 0 Å². The lowest BCUT2D eigenvalue weighted by Crippen LogP contribution is -2.18. The topological polar surface area (TPSA) is 111 Å². The number of thiophene rings is 1. The molecule has 8 nitrogen and oxygen atoms in total. The molecule has 0 unspecified atom stereocenters. The fourth-order valence-corrected chi connectivity index (χ4v) is 5.08. The Balaban J connectivity index is 1.58. The van der Waals surface area contributed by atoms with Gasteiger partial charge in [0.05, 0.1) is 17.1 Å². The van der Waals surface area contributed by atoms with Crippen molar-refractivity contribution in [2.75, 3.05) is 17.2 Å². The summed E-state index contributed by atoms with van der Waals surface area (Å²) in [6, 6.07) is 12.5. The molecule has 0 radical (unpaired) electrons. The summed E-state index contributed by atoms with van der Waals surface area (Å²) in [5.41, 5.74) is 2.29. The quantitative estimate of drug-likeness (QED) is 0.357. The van der Waals surface area contributed by atoms with E-state index in [9.17, 15) is 19.7 Å². The molecule has 1 aliphatic carbocycles. The normalized spacial score (nSPS) is 12.5. The SMILES string of the molecule is CCOc1ccc(NC(=O)c2c(NC(=O)c3ccc([N+](=O)[O-])cc3)sc3c2CCCC3)cc1. The van der Waals surface area contributed by atoms with Crippen LogP contribution in [0.4, 0.5) is 16.4 Å². The molecule has 2 N–H and O–H groups in total. The number of nitro groups is 1. The van der Waals surface area contributed by atoms with Crippen molar-refractivity contribution in [3.63, 3.8) is 0 Å². The highest BCUT2D eigenvalue weighted by Gasteiger charge is 2.27. The average molecular weight is 466 g/mol. The number of nitrogens with zero attached hydrogens (tertiary/aromatic N) is 1. The summed E-state index contributed by atoms with van der Waals surface area (Å²) in [7, 11) is 0. The summed E-state index contributed by atoms with van der Waals surface area (Å²) < 4.78 is 5.44. The van der Waals surface area contributed by atoms with Crippen molar-refractivity contribution in [3.05, 3.63) is 80.2 Å². The molecule has 2 aromatic carbocycles. The number of nitrogens with one attached hydrogen (secondary N) is 2. The molecule has 0 bridgehead atoms. The number of rotatable bonds is 7. The van der Waals surface area contributed by atoms with E-state index >= 15 is 0 Å². The zero-order chi connectivity index (χ0) is 23.4. The Morgan fingerprint density at radius 1 is 1.00 bits per heavy atom. The van der Waals surface area contributed by atoms with Crippen LogP contribution >= 0.6 is 11.3 Å². The molecule has 3 aromatic rings. The van der Waals surface area contributed by atoms with E-state index in [0.29, 0.717) is 22.9 Å². The maximum absolute atomic E-state index is 13.3. The van der Waals surface area contributed by atoms with Crippen molar-refractivity contribution in [3.8, 4) is 5.75 Å². The van der Waals surface area contributed by atoms with Crippen molar-refractivity contribution < 1.29 is 19.2 Å². The second kappa shape index (κ2) is 9.83. The summed E-state index contributed by atoms with van der Waals surface area (Å²) in [5.74, 6) is 0.0237. The average Bonchev–Trinajstić information content (AvgIpc) is 3.18. The first-order valence-corrected chi connectivity index (χ1v) is 11.5. The number of amides is 2. The van der Waals surface area contributed by atoms with Gasteiger partial charge in [0.2, 0.25) is 0 Å². The molecule has 0 saturated heterocycles. The Morgan fingerprint density at radius 2 is 1.70 bits per heavy atom. The first-order chi connectivity index (χ1) is 16.0. The molecule has 1 heterocycles. The van der Waals surface area contributed by atoms with Gasteiger partial charge < -0.3 is 15.4 Å².